The van der Waals surface area contributed by atoms with Crippen molar-refractivity contribution in [2.75, 3.05) is 5.32 Å². The van der Waals surface area contributed by atoms with Crippen LogP contribution in [0.3, 0.4) is 0 Å². The van der Waals surface area contributed by atoms with E-state index in [1.54, 1.807) is 0 Å². The molecule has 2 saturated carbocycles. The van der Waals surface area contributed by atoms with Gasteiger partial charge in [0.1, 0.15) is 5.54 Å². The quantitative estimate of drug-likeness (QED) is 0.858. The Hall–Kier alpha value is -1.49. The maximum atomic E-state index is 9.88. The van der Waals surface area contributed by atoms with E-state index in [1.165, 1.54) is 6.42 Å². The Balaban J connectivity index is 2.01. The van der Waals surface area contributed by atoms with Gasteiger partial charge in [-0.05, 0) is 42.7 Å². The summed E-state index contributed by atoms with van der Waals surface area (Å²) >= 11 is 0. The van der Waals surface area contributed by atoms with E-state index in [0.717, 1.165) is 18.5 Å². The second-order valence-electron chi connectivity index (χ2n) is 7.00. The largest absolute Gasteiger partial charge is 0.367 e. The molecule has 0 spiro atoms. The summed E-state index contributed by atoms with van der Waals surface area (Å²) in [5, 5.41) is 13.5. The molecule has 2 nitrogen and oxygen atoms in total. The van der Waals surface area contributed by atoms with Crippen molar-refractivity contribution < 1.29 is 0 Å². The number of fused-ring (bicyclic) bond motifs is 2. The molecule has 2 aliphatic carbocycles. The van der Waals surface area contributed by atoms with E-state index in [2.05, 4.69) is 44.3 Å². The molecule has 2 aliphatic rings. The zero-order chi connectivity index (χ0) is 13.7. The molecular formula is C17H22N2. The number of nitrogens with zero attached hydrogens (tertiary/aromatic N) is 1. The van der Waals surface area contributed by atoms with Crippen LogP contribution in [-0.2, 0) is 0 Å². The highest BCUT2D eigenvalue weighted by Gasteiger charge is 2.69. The minimum Gasteiger partial charge on any atom is -0.367 e. The summed E-state index contributed by atoms with van der Waals surface area (Å²) in [6, 6.07) is 12.8. The topological polar surface area (TPSA) is 35.8 Å². The molecule has 1 aromatic carbocycles. The predicted octanol–water partition coefficient (Wildman–Crippen LogP) is 4.21. The van der Waals surface area contributed by atoms with Gasteiger partial charge in [0.15, 0.2) is 0 Å². The van der Waals surface area contributed by atoms with Gasteiger partial charge in [-0.2, -0.15) is 5.26 Å². The maximum absolute atomic E-state index is 9.88. The average Bonchev–Trinajstić information content (AvgIpc) is 2.72. The summed E-state index contributed by atoms with van der Waals surface area (Å²) in [4.78, 5) is 0. The van der Waals surface area contributed by atoms with E-state index in [4.69, 9.17) is 0 Å². The van der Waals surface area contributed by atoms with Gasteiger partial charge in [0, 0.05) is 11.1 Å². The van der Waals surface area contributed by atoms with Crippen LogP contribution in [0.4, 0.5) is 5.69 Å². The molecule has 19 heavy (non-hydrogen) atoms. The predicted molar refractivity (Wildman–Crippen MR) is 77.6 cm³/mol. The van der Waals surface area contributed by atoms with E-state index < -0.39 is 5.54 Å². The van der Waals surface area contributed by atoms with Gasteiger partial charge in [0.05, 0.1) is 6.07 Å². The number of benzene rings is 1. The Morgan fingerprint density at radius 3 is 2.37 bits per heavy atom. The number of para-hydroxylation sites is 1. The lowest BCUT2D eigenvalue weighted by molar-refractivity contribution is 0.118. The normalized spacial score (nSPS) is 38.9. The number of rotatable bonds is 2. The molecule has 3 atom stereocenters. The van der Waals surface area contributed by atoms with Crippen LogP contribution in [0.15, 0.2) is 30.3 Å². The molecule has 0 radical (unpaired) electrons. The standard InChI is InChI=1S/C17H22N2/c1-15(2)13-9-10-16(15,3)17(11-13,12-18)19-14-7-5-4-6-8-14/h4-8,13,19H,9-11H2,1-3H3/t13-,16+,17-/m1/s1. The molecule has 0 heterocycles. The van der Waals surface area contributed by atoms with E-state index in [9.17, 15) is 5.26 Å². The van der Waals surface area contributed by atoms with E-state index >= 15 is 0 Å². The smallest absolute Gasteiger partial charge is 0.131 e. The third-order valence-electron chi connectivity index (χ3n) is 6.25. The SMILES string of the molecule is CC1(C)[C@@H]2CC[C@]1(C)[C@@](C#N)(Nc1ccccc1)C2. The molecule has 0 aromatic heterocycles. The van der Waals surface area contributed by atoms with Crippen LogP contribution < -0.4 is 5.32 Å². The summed E-state index contributed by atoms with van der Waals surface area (Å²) in [5.74, 6) is 0.661. The van der Waals surface area contributed by atoms with Crippen molar-refractivity contribution in [3.8, 4) is 6.07 Å². The van der Waals surface area contributed by atoms with Gasteiger partial charge >= 0.3 is 0 Å². The highest BCUT2D eigenvalue weighted by Crippen LogP contribution is 2.70. The highest BCUT2D eigenvalue weighted by atomic mass is 15.0. The van der Waals surface area contributed by atoms with Crippen LogP contribution in [0.1, 0.15) is 40.0 Å². The van der Waals surface area contributed by atoms with E-state index in [0.29, 0.717) is 5.92 Å². The zero-order valence-electron chi connectivity index (χ0n) is 12.0. The Morgan fingerprint density at radius 2 is 1.89 bits per heavy atom. The van der Waals surface area contributed by atoms with Crippen molar-refractivity contribution in [3.63, 3.8) is 0 Å². The monoisotopic (exact) mass is 254 g/mol. The van der Waals surface area contributed by atoms with Gasteiger partial charge in [-0.3, -0.25) is 0 Å². The third kappa shape index (κ3) is 1.42. The number of hydrogen-bond acceptors (Lipinski definition) is 2. The first kappa shape index (κ1) is 12.5. The van der Waals surface area contributed by atoms with Crippen molar-refractivity contribution in [1.82, 2.24) is 0 Å². The first-order valence-electron chi connectivity index (χ1n) is 7.20. The fourth-order valence-corrected chi connectivity index (χ4v) is 4.47. The zero-order valence-corrected chi connectivity index (χ0v) is 12.0. The first-order chi connectivity index (χ1) is 8.95. The van der Waals surface area contributed by atoms with Crippen molar-refractivity contribution in [3.05, 3.63) is 30.3 Å². The van der Waals surface area contributed by atoms with Gasteiger partial charge in [-0.1, -0.05) is 39.0 Å². The van der Waals surface area contributed by atoms with Crippen LogP contribution in [0.25, 0.3) is 0 Å². The molecular weight excluding hydrogens is 232 g/mol. The molecule has 0 unspecified atom stereocenters. The van der Waals surface area contributed by atoms with Gasteiger partial charge in [-0.25, -0.2) is 0 Å². The number of hydrogen-bond donors (Lipinski definition) is 1. The number of nitrogens with one attached hydrogen (secondary N) is 1. The third-order valence-corrected chi connectivity index (χ3v) is 6.25. The highest BCUT2D eigenvalue weighted by molar-refractivity contribution is 5.51. The molecule has 0 saturated heterocycles. The lowest BCUT2D eigenvalue weighted by Gasteiger charge is -2.45. The van der Waals surface area contributed by atoms with Gasteiger partial charge in [0.25, 0.3) is 0 Å². The first-order valence-corrected chi connectivity index (χ1v) is 7.20. The maximum Gasteiger partial charge on any atom is 0.131 e. The number of nitriles is 1. The van der Waals surface area contributed by atoms with Gasteiger partial charge in [-0.15, -0.1) is 0 Å². The summed E-state index contributed by atoms with van der Waals surface area (Å²) < 4.78 is 0. The summed E-state index contributed by atoms with van der Waals surface area (Å²) in [7, 11) is 0. The van der Waals surface area contributed by atoms with Crippen LogP contribution in [0.5, 0.6) is 0 Å². The molecule has 0 amide bonds. The Morgan fingerprint density at radius 1 is 1.21 bits per heavy atom. The van der Waals surface area contributed by atoms with Crippen molar-refractivity contribution in [2.24, 2.45) is 16.7 Å². The average molecular weight is 254 g/mol. The fourth-order valence-electron chi connectivity index (χ4n) is 4.47. The molecule has 2 bridgehead atoms. The van der Waals surface area contributed by atoms with E-state index in [1.807, 2.05) is 18.2 Å². The fraction of sp³-hybridized carbons (Fsp3) is 0.588. The number of anilines is 1. The molecule has 2 heteroatoms. The second-order valence-corrected chi connectivity index (χ2v) is 7.00. The van der Waals surface area contributed by atoms with Crippen LogP contribution in [-0.4, -0.2) is 5.54 Å². The van der Waals surface area contributed by atoms with E-state index in [-0.39, 0.29) is 10.8 Å². The molecule has 3 rings (SSSR count). The summed E-state index contributed by atoms with van der Waals surface area (Å²) in [6.45, 7) is 6.99. The lowest BCUT2D eigenvalue weighted by Crippen LogP contribution is -2.51. The Kier molecular flexibility index (Phi) is 2.48. The Labute approximate surface area is 115 Å². The Bertz CT molecular complexity index is 528. The van der Waals surface area contributed by atoms with Crippen molar-refractivity contribution in [2.45, 2.75) is 45.6 Å². The second kappa shape index (κ2) is 3.76. The summed E-state index contributed by atoms with van der Waals surface area (Å²) in [5.41, 5.74) is 0.939. The molecule has 2 fully saturated rings. The van der Waals surface area contributed by atoms with Crippen LogP contribution in [0.2, 0.25) is 0 Å². The van der Waals surface area contributed by atoms with Crippen LogP contribution in [0, 0.1) is 28.1 Å². The van der Waals surface area contributed by atoms with Crippen LogP contribution >= 0.6 is 0 Å². The molecule has 1 N–H and O–H groups in total. The lowest BCUT2D eigenvalue weighted by atomic mass is 9.63. The molecule has 1 aromatic rings. The van der Waals surface area contributed by atoms with Gasteiger partial charge in [0.2, 0.25) is 0 Å². The summed E-state index contributed by atoms with van der Waals surface area (Å²) in [6.07, 6.45) is 3.39. The van der Waals surface area contributed by atoms with Gasteiger partial charge < -0.3 is 5.32 Å². The molecule has 0 aliphatic heterocycles. The van der Waals surface area contributed by atoms with Crippen molar-refractivity contribution >= 4 is 5.69 Å². The minimum absolute atomic E-state index is 0.0509. The van der Waals surface area contributed by atoms with Crippen molar-refractivity contribution in [1.29, 1.82) is 5.26 Å². The minimum atomic E-state index is -0.416. The molecule has 100 valence electrons.